The van der Waals surface area contributed by atoms with Crippen LogP contribution in [0.4, 0.5) is 5.69 Å². The van der Waals surface area contributed by atoms with Crippen LogP contribution in [0.2, 0.25) is 0 Å². The predicted octanol–water partition coefficient (Wildman–Crippen LogP) is 4.42. The highest BCUT2D eigenvalue weighted by atomic mass is 32.2. The van der Waals surface area contributed by atoms with Gasteiger partial charge in [0.2, 0.25) is 10.0 Å². The molecule has 0 fully saturated rings. The van der Waals surface area contributed by atoms with Gasteiger partial charge in [0.25, 0.3) is 5.91 Å². The molecule has 0 aromatic heterocycles. The van der Waals surface area contributed by atoms with Crippen LogP contribution in [0.5, 0.6) is 5.75 Å². The molecule has 30 heavy (non-hydrogen) atoms. The number of benzene rings is 2. The van der Waals surface area contributed by atoms with Crippen LogP contribution < -0.4 is 10.1 Å². The van der Waals surface area contributed by atoms with Crippen LogP contribution in [-0.2, 0) is 20.2 Å². The number of amides is 1. The summed E-state index contributed by atoms with van der Waals surface area (Å²) in [6.07, 6.45) is -0.704. The third kappa shape index (κ3) is 5.83. The quantitative estimate of drug-likeness (QED) is 0.670. The summed E-state index contributed by atoms with van der Waals surface area (Å²) in [7, 11) is -3.52. The minimum Gasteiger partial charge on any atom is -0.481 e. The lowest BCUT2D eigenvalue weighted by molar-refractivity contribution is -0.122. The number of carbonyl (C=O) groups is 1. The van der Waals surface area contributed by atoms with E-state index in [9.17, 15) is 13.2 Å². The van der Waals surface area contributed by atoms with Gasteiger partial charge in [-0.2, -0.15) is 4.31 Å². The van der Waals surface area contributed by atoms with Crippen LogP contribution in [0.15, 0.2) is 53.4 Å². The van der Waals surface area contributed by atoms with Crippen LogP contribution in [0.1, 0.15) is 47.1 Å². The van der Waals surface area contributed by atoms with Crippen molar-refractivity contribution in [2.45, 2.75) is 58.0 Å². The SMILES string of the molecule is CCN(CC)S(=O)(=O)c1ccc(NC(=O)C(C)Oc2ccc(C(C)(C)C)cc2)cc1. The van der Waals surface area contributed by atoms with Gasteiger partial charge in [-0.25, -0.2) is 8.42 Å². The van der Waals surface area contributed by atoms with E-state index in [0.717, 1.165) is 0 Å². The van der Waals surface area contributed by atoms with E-state index in [1.165, 1.54) is 22.0 Å². The number of hydrogen-bond donors (Lipinski definition) is 1. The van der Waals surface area contributed by atoms with Gasteiger partial charge in [-0.3, -0.25) is 4.79 Å². The topological polar surface area (TPSA) is 75.7 Å². The average molecular weight is 433 g/mol. The molecule has 0 saturated carbocycles. The lowest BCUT2D eigenvalue weighted by Crippen LogP contribution is -2.31. The fraction of sp³-hybridized carbons (Fsp3) is 0.435. The van der Waals surface area contributed by atoms with Crippen molar-refractivity contribution in [1.29, 1.82) is 0 Å². The number of carbonyl (C=O) groups excluding carboxylic acids is 1. The van der Waals surface area contributed by atoms with Gasteiger partial charge in [0.1, 0.15) is 5.75 Å². The number of ether oxygens (including phenoxy) is 1. The van der Waals surface area contributed by atoms with Crippen molar-refractivity contribution in [3.63, 3.8) is 0 Å². The Morgan fingerprint density at radius 1 is 1.00 bits per heavy atom. The fourth-order valence-electron chi connectivity index (χ4n) is 2.96. The van der Waals surface area contributed by atoms with E-state index in [2.05, 4.69) is 26.1 Å². The molecule has 2 rings (SSSR count). The maximum absolute atomic E-state index is 12.5. The van der Waals surface area contributed by atoms with E-state index in [4.69, 9.17) is 4.74 Å². The molecule has 0 aliphatic carbocycles. The van der Waals surface area contributed by atoms with E-state index in [-0.39, 0.29) is 16.2 Å². The van der Waals surface area contributed by atoms with E-state index in [0.29, 0.717) is 24.5 Å². The summed E-state index contributed by atoms with van der Waals surface area (Å²) in [5, 5.41) is 2.76. The Labute approximate surface area is 180 Å². The molecule has 0 spiro atoms. The van der Waals surface area contributed by atoms with E-state index in [1.807, 2.05) is 24.3 Å². The van der Waals surface area contributed by atoms with Crippen molar-refractivity contribution in [2.75, 3.05) is 18.4 Å². The molecule has 6 nitrogen and oxygen atoms in total. The van der Waals surface area contributed by atoms with Crippen LogP contribution in [0.3, 0.4) is 0 Å². The molecule has 0 heterocycles. The van der Waals surface area contributed by atoms with Crippen molar-refractivity contribution < 1.29 is 17.9 Å². The molecule has 2 aromatic rings. The minimum absolute atomic E-state index is 0.0481. The van der Waals surface area contributed by atoms with Gasteiger partial charge >= 0.3 is 0 Å². The minimum atomic E-state index is -3.52. The molecular weight excluding hydrogens is 400 g/mol. The summed E-state index contributed by atoms with van der Waals surface area (Å²) >= 11 is 0. The second-order valence-corrected chi connectivity index (χ2v) is 10.1. The first kappa shape index (κ1) is 23.9. The Morgan fingerprint density at radius 2 is 1.53 bits per heavy atom. The Hall–Kier alpha value is -2.38. The largest absolute Gasteiger partial charge is 0.481 e. The summed E-state index contributed by atoms with van der Waals surface area (Å²) in [5.41, 5.74) is 1.75. The number of anilines is 1. The van der Waals surface area contributed by atoms with Crippen molar-refractivity contribution >= 4 is 21.6 Å². The smallest absolute Gasteiger partial charge is 0.265 e. The molecule has 164 valence electrons. The van der Waals surface area contributed by atoms with Crippen LogP contribution in [0, 0.1) is 0 Å². The highest BCUT2D eigenvalue weighted by Crippen LogP contribution is 2.25. The Balaban J connectivity index is 2.02. The monoisotopic (exact) mass is 432 g/mol. The lowest BCUT2D eigenvalue weighted by atomic mass is 9.87. The van der Waals surface area contributed by atoms with Gasteiger partial charge in [-0.15, -0.1) is 0 Å². The number of hydrogen-bond acceptors (Lipinski definition) is 4. The molecule has 2 aromatic carbocycles. The summed E-state index contributed by atoms with van der Waals surface area (Å²) < 4.78 is 32.2. The van der Waals surface area contributed by atoms with Gasteiger partial charge in [0.05, 0.1) is 4.90 Å². The normalized spacial score (nSPS) is 13.2. The molecule has 7 heteroatoms. The maximum atomic E-state index is 12.5. The second-order valence-electron chi connectivity index (χ2n) is 8.14. The molecule has 1 amide bonds. The van der Waals surface area contributed by atoms with Gasteiger partial charge in [0.15, 0.2) is 6.10 Å². The Kier molecular flexibility index (Phi) is 7.66. The number of nitrogens with one attached hydrogen (secondary N) is 1. The fourth-order valence-corrected chi connectivity index (χ4v) is 4.42. The first-order chi connectivity index (χ1) is 14.0. The maximum Gasteiger partial charge on any atom is 0.265 e. The number of sulfonamides is 1. The molecule has 1 unspecified atom stereocenters. The Bertz CT molecular complexity index is 942. The van der Waals surface area contributed by atoms with E-state index < -0.39 is 16.1 Å². The molecule has 0 radical (unpaired) electrons. The van der Waals surface area contributed by atoms with Gasteiger partial charge in [0, 0.05) is 18.8 Å². The summed E-state index contributed by atoms with van der Waals surface area (Å²) in [5.74, 6) is 0.306. The number of rotatable bonds is 8. The van der Waals surface area contributed by atoms with Crippen molar-refractivity contribution in [3.05, 3.63) is 54.1 Å². The zero-order valence-corrected chi connectivity index (χ0v) is 19.4. The highest BCUT2D eigenvalue weighted by molar-refractivity contribution is 7.89. The van der Waals surface area contributed by atoms with Crippen molar-refractivity contribution in [3.8, 4) is 5.75 Å². The average Bonchev–Trinajstić information content (AvgIpc) is 2.68. The summed E-state index contributed by atoms with van der Waals surface area (Å²) in [6, 6.07) is 13.9. The molecule has 0 aliphatic heterocycles. The predicted molar refractivity (Wildman–Crippen MR) is 120 cm³/mol. The van der Waals surface area contributed by atoms with Crippen molar-refractivity contribution in [2.24, 2.45) is 0 Å². The molecule has 0 saturated heterocycles. The first-order valence-corrected chi connectivity index (χ1v) is 11.6. The van der Waals surface area contributed by atoms with Crippen LogP contribution in [-0.4, -0.2) is 37.8 Å². The van der Waals surface area contributed by atoms with E-state index in [1.54, 1.807) is 32.9 Å². The third-order valence-corrected chi connectivity index (χ3v) is 6.93. The van der Waals surface area contributed by atoms with Gasteiger partial charge < -0.3 is 10.1 Å². The van der Waals surface area contributed by atoms with Gasteiger partial charge in [-0.05, 0) is 54.3 Å². The molecule has 1 N–H and O–H groups in total. The molecular formula is C23H32N2O4S. The zero-order chi connectivity index (χ0) is 22.5. The lowest BCUT2D eigenvalue weighted by Gasteiger charge is -2.20. The number of nitrogens with zero attached hydrogens (tertiary/aromatic N) is 1. The third-order valence-electron chi connectivity index (χ3n) is 4.87. The second kappa shape index (κ2) is 9.62. The van der Waals surface area contributed by atoms with Gasteiger partial charge in [-0.1, -0.05) is 46.8 Å². The highest BCUT2D eigenvalue weighted by Gasteiger charge is 2.22. The van der Waals surface area contributed by atoms with E-state index >= 15 is 0 Å². The zero-order valence-electron chi connectivity index (χ0n) is 18.6. The summed E-state index contributed by atoms with van der Waals surface area (Å²) in [4.78, 5) is 12.7. The standard InChI is InChI=1S/C23H32N2O4S/c1-7-25(8-2)30(27,28)21-15-11-19(12-16-21)24-22(26)17(3)29-20-13-9-18(10-14-20)23(4,5)6/h9-17H,7-8H2,1-6H3,(H,24,26). The summed E-state index contributed by atoms with van der Waals surface area (Å²) in [6.45, 7) is 12.5. The first-order valence-electron chi connectivity index (χ1n) is 10.2. The molecule has 0 aliphatic rings. The molecule has 0 bridgehead atoms. The van der Waals surface area contributed by atoms with Crippen LogP contribution >= 0.6 is 0 Å². The van der Waals surface area contributed by atoms with Crippen LogP contribution in [0.25, 0.3) is 0 Å². The Morgan fingerprint density at radius 3 is 2.00 bits per heavy atom. The van der Waals surface area contributed by atoms with Crippen molar-refractivity contribution in [1.82, 2.24) is 4.31 Å². The molecule has 1 atom stereocenters.